The summed E-state index contributed by atoms with van der Waals surface area (Å²) in [7, 11) is 0. The van der Waals surface area contributed by atoms with Crippen LogP contribution in [0.4, 0.5) is 11.6 Å². The Bertz CT molecular complexity index is 511. The van der Waals surface area contributed by atoms with E-state index in [2.05, 4.69) is 20.3 Å². The van der Waals surface area contributed by atoms with Crippen LogP contribution in [-0.2, 0) is 0 Å². The molecule has 2 rings (SSSR count). The zero-order valence-electron chi connectivity index (χ0n) is 10.4. The van der Waals surface area contributed by atoms with Crippen LogP contribution in [0.3, 0.4) is 0 Å². The van der Waals surface area contributed by atoms with Gasteiger partial charge in [0.25, 0.3) is 0 Å². The van der Waals surface area contributed by atoms with Crippen molar-refractivity contribution in [1.82, 2.24) is 14.4 Å². The van der Waals surface area contributed by atoms with Gasteiger partial charge < -0.3 is 19.8 Å². The number of nitrogen functional groups attached to an aromatic ring is 1. The van der Waals surface area contributed by atoms with Crippen molar-refractivity contribution < 1.29 is 5.11 Å². The van der Waals surface area contributed by atoms with Gasteiger partial charge in [-0.05, 0) is 13.3 Å². The van der Waals surface area contributed by atoms with Gasteiger partial charge in [-0.25, -0.2) is 15.8 Å². The van der Waals surface area contributed by atoms with Crippen molar-refractivity contribution in [2.75, 3.05) is 30.0 Å². The number of hydrogen-bond acceptors (Lipinski definition) is 6. The molecule has 2 aromatic heterocycles. The van der Waals surface area contributed by atoms with Gasteiger partial charge >= 0.3 is 0 Å². The molecular formula is C11H18N6O. The van der Waals surface area contributed by atoms with Gasteiger partial charge in [-0.15, -0.1) is 0 Å². The highest BCUT2D eigenvalue weighted by atomic mass is 16.3. The van der Waals surface area contributed by atoms with E-state index in [-0.39, 0.29) is 6.61 Å². The second kappa shape index (κ2) is 5.65. The minimum atomic E-state index is 0.163. The number of aromatic nitrogens is 3. The van der Waals surface area contributed by atoms with Gasteiger partial charge in [0.15, 0.2) is 17.3 Å². The van der Waals surface area contributed by atoms with Crippen molar-refractivity contribution in [2.24, 2.45) is 5.84 Å². The summed E-state index contributed by atoms with van der Waals surface area (Å²) in [6, 6.07) is 0. The summed E-state index contributed by atoms with van der Waals surface area (Å²) >= 11 is 0. The predicted octanol–water partition coefficient (Wildman–Crippen LogP) is 0.224. The summed E-state index contributed by atoms with van der Waals surface area (Å²) in [5.74, 6) is 6.77. The lowest BCUT2D eigenvalue weighted by atomic mass is 10.4. The van der Waals surface area contributed by atoms with E-state index >= 15 is 0 Å². The lowest BCUT2D eigenvalue weighted by Gasteiger charge is -2.22. The summed E-state index contributed by atoms with van der Waals surface area (Å²) in [5.41, 5.74) is 3.33. The molecule has 7 heteroatoms. The fourth-order valence-corrected chi connectivity index (χ4v) is 1.87. The molecule has 0 saturated heterocycles. The SMILES string of the molecule is CCN(CCCO)c1nc(NN)cn2ccnc12. The highest BCUT2D eigenvalue weighted by Crippen LogP contribution is 2.20. The third-order valence-corrected chi connectivity index (χ3v) is 2.77. The van der Waals surface area contributed by atoms with Crippen molar-refractivity contribution in [3.05, 3.63) is 18.6 Å². The Balaban J connectivity index is 2.42. The number of hydrazine groups is 1. The predicted molar refractivity (Wildman–Crippen MR) is 70.4 cm³/mol. The average molecular weight is 250 g/mol. The van der Waals surface area contributed by atoms with Crippen molar-refractivity contribution in [3.8, 4) is 0 Å². The number of aliphatic hydroxyl groups excluding tert-OH is 1. The Morgan fingerprint density at radius 3 is 3.06 bits per heavy atom. The van der Waals surface area contributed by atoms with E-state index < -0.39 is 0 Å². The van der Waals surface area contributed by atoms with Gasteiger partial charge in [-0.3, -0.25) is 0 Å². The number of nitrogens with zero attached hydrogens (tertiary/aromatic N) is 4. The van der Waals surface area contributed by atoms with Crippen molar-refractivity contribution >= 4 is 17.3 Å². The quantitative estimate of drug-likeness (QED) is 0.502. The molecule has 7 nitrogen and oxygen atoms in total. The summed E-state index contributed by atoms with van der Waals surface area (Å²) in [5, 5.41) is 8.93. The summed E-state index contributed by atoms with van der Waals surface area (Å²) < 4.78 is 1.87. The summed E-state index contributed by atoms with van der Waals surface area (Å²) in [6.45, 7) is 3.73. The lowest BCUT2D eigenvalue weighted by Crippen LogP contribution is -2.27. The molecule has 98 valence electrons. The number of nitrogens with one attached hydrogen (secondary N) is 1. The molecule has 0 aliphatic rings. The fraction of sp³-hybridized carbons (Fsp3) is 0.455. The standard InChI is InChI=1S/C11H18N6O/c1-2-16(5-3-7-18)11-10-13-4-6-17(10)8-9(14-11)15-12/h4,6,8,15,18H,2-3,5,7,12H2,1H3. The molecule has 2 heterocycles. The molecule has 0 aliphatic carbocycles. The van der Waals surface area contributed by atoms with E-state index in [9.17, 15) is 0 Å². The Morgan fingerprint density at radius 2 is 2.39 bits per heavy atom. The first-order valence-electron chi connectivity index (χ1n) is 5.96. The molecule has 0 aliphatic heterocycles. The van der Waals surface area contributed by atoms with Gasteiger partial charge in [0.1, 0.15) is 0 Å². The highest BCUT2D eigenvalue weighted by molar-refractivity contribution is 5.66. The van der Waals surface area contributed by atoms with Crippen LogP contribution in [0.5, 0.6) is 0 Å². The Hall–Kier alpha value is -1.86. The van der Waals surface area contributed by atoms with Gasteiger partial charge in [0.05, 0.1) is 6.20 Å². The van der Waals surface area contributed by atoms with Crippen LogP contribution in [0.25, 0.3) is 5.65 Å². The van der Waals surface area contributed by atoms with E-state index in [4.69, 9.17) is 10.9 Å². The molecule has 0 saturated carbocycles. The minimum absolute atomic E-state index is 0.163. The smallest absolute Gasteiger partial charge is 0.180 e. The maximum atomic E-state index is 8.93. The van der Waals surface area contributed by atoms with E-state index in [0.29, 0.717) is 12.2 Å². The maximum absolute atomic E-state index is 8.93. The number of fused-ring (bicyclic) bond motifs is 1. The molecule has 18 heavy (non-hydrogen) atoms. The molecule has 4 N–H and O–H groups in total. The normalized spacial score (nSPS) is 10.8. The topological polar surface area (TPSA) is 91.7 Å². The van der Waals surface area contributed by atoms with E-state index in [1.54, 1.807) is 12.4 Å². The van der Waals surface area contributed by atoms with Crippen LogP contribution in [0.15, 0.2) is 18.6 Å². The highest BCUT2D eigenvalue weighted by Gasteiger charge is 2.13. The zero-order valence-corrected chi connectivity index (χ0v) is 10.4. The number of rotatable bonds is 6. The van der Waals surface area contributed by atoms with Gasteiger partial charge in [0, 0.05) is 32.1 Å². The van der Waals surface area contributed by atoms with Gasteiger partial charge in [0.2, 0.25) is 0 Å². The second-order valence-electron chi connectivity index (χ2n) is 3.91. The van der Waals surface area contributed by atoms with Gasteiger partial charge in [-0.2, -0.15) is 0 Å². The average Bonchev–Trinajstić information content (AvgIpc) is 2.87. The van der Waals surface area contributed by atoms with Crippen molar-refractivity contribution in [2.45, 2.75) is 13.3 Å². The Kier molecular flexibility index (Phi) is 3.96. The third-order valence-electron chi connectivity index (χ3n) is 2.77. The lowest BCUT2D eigenvalue weighted by molar-refractivity contribution is 0.289. The molecule has 0 aromatic carbocycles. The fourth-order valence-electron chi connectivity index (χ4n) is 1.87. The number of nitrogens with two attached hydrogens (primary N) is 1. The van der Waals surface area contributed by atoms with Crippen LogP contribution < -0.4 is 16.2 Å². The summed E-state index contributed by atoms with van der Waals surface area (Å²) in [6.07, 6.45) is 6.05. The molecule has 0 radical (unpaired) electrons. The van der Waals surface area contributed by atoms with Crippen LogP contribution in [0.1, 0.15) is 13.3 Å². The number of imidazole rings is 1. The molecule has 0 bridgehead atoms. The third kappa shape index (κ3) is 2.36. The maximum Gasteiger partial charge on any atom is 0.180 e. The van der Waals surface area contributed by atoms with Crippen molar-refractivity contribution in [3.63, 3.8) is 0 Å². The van der Waals surface area contributed by atoms with E-state index in [0.717, 1.165) is 24.6 Å². The molecule has 0 amide bonds. The van der Waals surface area contributed by atoms with Crippen LogP contribution >= 0.6 is 0 Å². The van der Waals surface area contributed by atoms with Crippen LogP contribution in [-0.4, -0.2) is 39.2 Å². The molecule has 0 spiro atoms. The Morgan fingerprint density at radius 1 is 1.56 bits per heavy atom. The molecule has 0 unspecified atom stereocenters. The first kappa shape index (κ1) is 12.6. The van der Waals surface area contributed by atoms with Crippen LogP contribution in [0, 0.1) is 0 Å². The van der Waals surface area contributed by atoms with Crippen molar-refractivity contribution in [1.29, 1.82) is 0 Å². The molecule has 0 atom stereocenters. The van der Waals surface area contributed by atoms with E-state index in [1.807, 2.05) is 17.5 Å². The molecule has 2 aromatic rings. The number of hydrogen-bond donors (Lipinski definition) is 3. The number of anilines is 2. The Labute approximate surface area is 105 Å². The number of aliphatic hydroxyl groups is 1. The summed E-state index contributed by atoms with van der Waals surface area (Å²) in [4.78, 5) is 10.8. The monoisotopic (exact) mass is 250 g/mol. The molecular weight excluding hydrogens is 232 g/mol. The molecule has 0 fully saturated rings. The largest absolute Gasteiger partial charge is 0.396 e. The van der Waals surface area contributed by atoms with E-state index in [1.165, 1.54) is 0 Å². The second-order valence-corrected chi connectivity index (χ2v) is 3.91. The first-order valence-corrected chi connectivity index (χ1v) is 5.96. The zero-order chi connectivity index (χ0) is 13.0. The minimum Gasteiger partial charge on any atom is -0.396 e. The van der Waals surface area contributed by atoms with Crippen LogP contribution in [0.2, 0.25) is 0 Å². The first-order chi connectivity index (χ1) is 8.80. The van der Waals surface area contributed by atoms with Gasteiger partial charge in [-0.1, -0.05) is 0 Å².